The Hall–Kier alpha value is -1.05. The maximum Gasteiger partial charge on any atom is 0.303 e. The second kappa shape index (κ2) is 16.0. The molecule has 0 aliphatic carbocycles. The third kappa shape index (κ3) is 16.9. The molecule has 0 rings (SSSR count). The molecule has 20 heavy (non-hydrogen) atoms. The maximum atomic E-state index is 10.3. The van der Waals surface area contributed by atoms with Gasteiger partial charge in [0.2, 0.25) is 0 Å². The van der Waals surface area contributed by atoms with Gasteiger partial charge in [-0.2, -0.15) is 0 Å². The van der Waals surface area contributed by atoms with E-state index in [9.17, 15) is 4.79 Å². The first kappa shape index (κ1) is 18.9. The fraction of sp³-hybridized carbons (Fsp3) is 0.722. The fourth-order valence-electron chi connectivity index (χ4n) is 2.08. The van der Waals surface area contributed by atoms with Crippen molar-refractivity contribution in [2.75, 3.05) is 0 Å². The number of carboxylic acids is 1. The van der Waals surface area contributed by atoms with Crippen LogP contribution in [0.15, 0.2) is 24.3 Å². The minimum atomic E-state index is -0.698. The van der Waals surface area contributed by atoms with E-state index in [-0.39, 0.29) is 6.42 Å². The van der Waals surface area contributed by atoms with Crippen LogP contribution in [0.4, 0.5) is 0 Å². The average molecular weight is 280 g/mol. The minimum absolute atomic E-state index is 0.280. The van der Waals surface area contributed by atoms with Gasteiger partial charge in [-0.3, -0.25) is 4.79 Å². The molecular formula is C18H32O2. The highest BCUT2D eigenvalue weighted by Gasteiger charge is 1.92. The topological polar surface area (TPSA) is 37.3 Å². The summed E-state index contributed by atoms with van der Waals surface area (Å²) in [6.45, 7) is 2.25. The summed E-state index contributed by atoms with van der Waals surface area (Å²) >= 11 is 0. The summed E-state index contributed by atoms with van der Waals surface area (Å²) in [5, 5.41) is 8.48. The Morgan fingerprint density at radius 1 is 0.750 bits per heavy atom. The first-order valence-corrected chi connectivity index (χ1v) is 8.29. The monoisotopic (exact) mass is 280 g/mol. The number of aliphatic carboxylic acids is 1. The Labute approximate surface area is 125 Å². The largest absolute Gasteiger partial charge is 0.481 e. The molecule has 0 aromatic heterocycles. The van der Waals surface area contributed by atoms with Gasteiger partial charge < -0.3 is 5.11 Å². The smallest absolute Gasteiger partial charge is 0.303 e. The lowest BCUT2D eigenvalue weighted by molar-refractivity contribution is -0.137. The molecule has 0 aliphatic heterocycles. The van der Waals surface area contributed by atoms with Crippen LogP contribution in [0.2, 0.25) is 0 Å². The summed E-state index contributed by atoms with van der Waals surface area (Å²) in [5.74, 6) is -0.698. The summed E-state index contributed by atoms with van der Waals surface area (Å²) in [7, 11) is 0. The van der Waals surface area contributed by atoms with E-state index in [2.05, 4.69) is 31.2 Å². The van der Waals surface area contributed by atoms with Crippen molar-refractivity contribution in [2.45, 2.75) is 84.0 Å². The van der Waals surface area contributed by atoms with Crippen molar-refractivity contribution >= 4 is 5.97 Å². The van der Waals surface area contributed by atoms with E-state index in [4.69, 9.17) is 5.11 Å². The Bertz CT molecular complexity index is 267. The summed E-state index contributed by atoms with van der Waals surface area (Å²) in [6, 6.07) is 0. The van der Waals surface area contributed by atoms with Gasteiger partial charge in [0.05, 0.1) is 0 Å². The summed E-state index contributed by atoms with van der Waals surface area (Å²) in [6.07, 6.45) is 22.3. The Kier molecular flexibility index (Phi) is 15.2. The van der Waals surface area contributed by atoms with Crippen LogP contribution in [-0.4, -0.2) is 11.1 Å². The first-order valence-electron chi connectivity index (χ1n) is 8.29. The van der Waals surface area contributed by atoms with Crippen LogP contribution in [0, 0.1) is 0 Å². The number of unbranched alkanes of at least 4 members (excludes halogenated alkanes) is 8. The van der Waals surface area contributed by atoms with E-state index in [0.717, 1.165) is 25.7 Å². The predicted octanol–water partition coefficient (Wildman–Crippen LogP) is 5.88. The molecule has 0 saturated carbocycles. The molecule has 0 atom stereocenters. The SMILES string of the molecule is CCCCCCCC/C=C\CC/C=C/CCCC(=O)O. The molecule has 0 saturated heterocycles. The van der Waals surface area contributed by atoms with Gasteiger partial charge in [-0.15, -0.1) is 0 Å². The Balaban J connectivity index is 3.19. The van der Waals surface area contributed by atoms with E-state index in [1.165, 1.54) is 44.9 Å². The number of carbonyl (C=O) groups is 1. The van der Waals surface area contributed by atoms with Crippen molar-refractivity contribution in [3.63, 3.8) is 0 Å². The quantitative estimate of drug-likeness (QED) is 0.318. The van der Waals surface area contributed by atoms with E-state index in [1.54, 1.807) is 0 Å². The molecule has 0 aromatic carbocycles. The number of rotatable bonds is 14. The lowest BCUT2D eigenvalue weighted by Gasteiger charge is -1.97. The standard InChI is InChI=1S/C18H32O2/c1-2-3-4-5-6-7-8-9-10-11-12-13-14-15-16-17-18(19)20/h9-10,13-14H,2-8,11-12,15-17H2,1H3,(H,19,20)/b10-9-,14-13+. The van der Waals surface area contributed by atoms with Crippen LogP contribution in [0.3, 0.4) is 0 Å². The molecule has 2 nitrogen and oxygen atoms in total. The number of hydrogen-bond donors (Lipinski definition) is 1. The van der Waals surface area contributed by atoms with E-state index < -0.39 is 5.97 Å². The van der Waals surface area contributed by atoms with Crippen molar-refractivity contribution in [1.82, 2.24) is 0 Å². The maximum absolute atomic E-state index is 10.3. The van der Waals surface area contributed by atoms with Crippen LogP contribution < -0.4 is 0 Å². The molecule has 0 fully saturated rings. The van der Waals surface area contributed by atoms with Crippen molar-refractivity contribution in [3.8, 4) is 0 Å². The molecule has 1 N–H and O–H groups in total. The minimum Gasteiger partial charge on any atom is -0.481 e. The molecule has 0 bridgehead atoms. The second-order valence-electron chi connectivity index (χ2n) is 5.36. The van der Waals surface area contributed by atoms with Crippen LogP contribution in [0.25, 0.3) is 0 Å². The van der Waals surface area contributed by atoms with Gasteiger partial charge in [0.1, 0.15) is 0 Å². The van der Waals surface area contributed by atoms with Crippen molar-refractivity contribution in [1.29, 1.82) is 0 Å². The molecular weight excluding hydrogens is 248 g/mol. The normalized spacial score (nSPS) is 11.7. The molecule has 2 heteroatoms. The van der Waals surface area contributed by atoms with Gasteiger partial charge in [-0.05, 0) is 38.5 Å². The summed E-state index contributed by atoms with van der Waals surface area (Å²) in [5.41, 5.74) is 0. The van der Waals surface area contributed by atoms with Gasteiger partial charge in [0.15, 0.2) is 0 Å². The van der Waals surface area contributed by atoms with Crippen LogP contribution in [-0.2, 0) is 4.79 Å². The molecule has 0 unspecified atom stereocenters. The molecule has 0 spiro atoms. The molecule has 0 aliphatic rings. The van der Waals surface area contributed by atoms with E-state index in [0.29, 0.717) is 0 Å². The first-order chi connectivity index (χ1) is 9.77. The lowest BCUT2D eigenvalue weighted by Crippen LogP contribution is -1.92. The van der Waals surface area contributed by atoms with Crippen LogP contribution >= 0.6 is 0 Å². The zero-order valence-corrected chi connectivity index (χ0v) is 13.2. The highest BCUT2D eigenvalue weighted by molar-refractivity contribution is 5.66. The molecule has 0 aromatic rings. The second-order valence-corrected chi connectivity index (χ2v) is 5.36. The Morgan fingerprint density at radius 2 is 1.25 bits per heavy atom. The van der Waals surface area contributed by atoms with Gasteiger partial charge in [-0.1, -0.05) is 63.3 Å². The fourth-order valence-corrected chi connectivity index (χ4v) is 2.08. The van der Waals surface area contributed by atoms with Gasteiger partial charge >= 0.3 is 5.97 Å². The lowest BCUT2D eigenvalue weighted by atomic mass is 10.1. The van der Waals surface area contributed by atoms with Gasteiger partial charge in [0.25, 0.3) is 0 Å². The molecule has 116 valence electrons. The zero-order chi connectivity index (χ0) is 14.9. The van der Waals surface area contributed by atoms with Crippen molar-refractivity contribution < 1.29 is 9.90 Å². The van der Waals surface area contributed by atoms with E-state index in [1.807, 2.05) is 0 Å². The number of hydrogen-bond acceptors (Lipinski definition) is 1. The molecule has 0 amide bonds. The van der Waals surface area contributed by atoms with Crippen molar-refractivity contribution in [2.24, 2.45) is 0 Å². The molecule has 0 radical (unpaired) electrons. The Morgan fingerprint density at radius 3 is 1.85 bits per heavy atom. The summed E-state index contributed by atoms with van der Waals surface area (Å²) < 4.78 is 0. The highest BCUT2D eigenvalue weighted by Crippen LogP contribution is 2.07. The zero-order valence-electron chi connectivity index (χ0n) is 13.2. The van der Waals surface area contributed by atoms with Crippen LogP contribution in [0.5, 0.6) is 0 Å². The van der Waals surface area contributed by atoms with Gasteiger partial charge in [-0.25, -0.2) is 0 Å². The van der Waals surface area contributed by atoms with E-state index >= 15 is 0 Å². The highest BCUT2D eigenvalue weighted by atomic mass is 16.4. The number of carboxylic acid groups (broad SMARTS) is 1. The number of allylic oxidation sites excluding steroid dienone is 4. The van der Waals surface area contributed by atoms with Crippen LogP contribution in [0.1, 0.15) is 84.0 Å². The third-order valence-electron chi connectivity index (χ3n) is 3.32. The predicted molar refractivity (Wildman–Crippen MR) is 87.0 cm³/mol. The van der Waals surface area contributed by atoms with Gasteiger partial charge in [0, 0.05) is 6.42 Å². The third-order valence-corrected chi connectivity index (χ3v) is 3.32. The van der Waals surface area contributed by atoms with Crippen molar-refractivity contribution in [3.05, 3.63) is 24.3 Å². The summed E-state index contributed by atoms with van der Waals surface area (Å²) in [4.78, 5) is 10.3. The molecule has 0 heterocycles. The average Bonchev–Trinajstić information content (AvgIpc) is 2.43.